The molecule has 21 heavy (non-hydrogen) atoms. The van der Waals surface area contributed by atoms with Gasteiger partial charge in [-0.15, -0.1) is 0 Å². The van der Waals surface area contributed by atoms with Gasteiger partial charge in [0, 0.05) is 25.0 Å². The zero-order chi connectivity index (χ0) is 14.7. The standard InChI is InChI=1S/C16H22N4O/c1-2-14-17-9-6-13(19-14)15-18-10-11-20(15)12-16(21)7-4-3-5-8-16/h6,9-11,21H,2-5,7-8,12H2,1H3. The molecular formula is C16H22N4O. The normalized spacial score (nSPS) is 17.8. The lowest BCUT2D eigenvalue weighted by atomic mass is 9.85. The molecule has 2 heterocycles. The van der Waals surface area contributed by atoms with Crippen molar-refractivity contribution >= 4 is 0 Å². The van der Waals surface area contributed by atoms with E-state index < -0.39 is 5.60 Å². The molecule has 0 radical (unpaired) electrons. The summed E-state index contributed by atoms with van der Waals surface area (Å²) in [7, 11) is 0. The lowest BCUT2D eigenvalue weighted by molar-refractivity contribution is -0.0111. The van der Waals surface area contributed by atoms with E-state index in [1.54, 1.807) is 12.4 Å². The van der Waals surface area contributed by atoms with Gasteiger partial charge >= 0.3 is 0 Å². The Hall–Kier alpha value is -1.75. The molecular weight excluding hydrogens is 264 g/mol. The summed E-state index contributed by atoms with van der Waals surface area (Å²) >= 11 is 0. The van der Waals surface area contributed by atoms with Crippen LogP contribution in [0.4, 0.5) is 0 Å². The maximum Gasteiger partial charge on any atom is 0.158 e. The van der Waals surface area contributed by atoms with Crippen LogP contribution in [0.5, 0.6) is 0 Å². The van der Waals surface area contributed by atoms with Gasteiger partial charge in [-0.1, -0.05) is 26.2 Å². The molecule has 0 unspecified atom stereocenters. The second-order valence-corrected chi connectivity index (χ2v) is 5.88. The minimum atomic E-state index is -0.603. The summed E-state index contributed by atoms with van der Waals surface area (Å²) in [5.74, 6) is 1.63. The quantitative estimate of drug-likeness (QED) is 0.938. The lowest BCUT2D eigenvalue weighted by Gasteiger charge is -2.32. The predicted octanol–water partition coefficient (Wildman–Crippen LogP) is 2.60. The maximum absolute atomic E-state index is 10.7. The first kappa shape index (κ1) is 14.2. The highest BCUT2D eigenvalue weighted by Crippen LogP contribution is 2.30. The van der Waals surface area contributed by atoms with Gasteiger partial charge in [-0.3, -0.25) is 0 Å². The molecule has 5 heteroatoms. The van der Waals surface area contributed by atoms with Gasteiger partial charge in [0.15, 0.2) is 5.82 Å². The van der Waals surface area contributed by atoms with Gasteiger partial charge < -0.3 is 9.67 Å². The van der Waals surface area contributed by atoms with E-state index in [-0.39, 0.29) is 0 Å². The molecule has 0 spiro atoms. The molecule has 5 nitrogen and oxygen atoms in total. The second-order valence-electron chi connectivity index (χ2n) is 5.88. The monoisotopic (exact) mass is 286 g/mol. The average molecular weight is 286 g/mol. The third-order valence-electron chi connectivity index (χ3n) is 4.22. The van der Waals surface area contributed by atoms with E-state index >= 15 is 0 Å². The van der Waals surface area contributed by atoms with E-state index in [0.717, 1.165) is 49.4 Å². The molecule has 0 bridgehead atoms. The van der Waals surface area contributed by atoms with E-state index in [1.165, 1.54) is 6.42 Å². The molecule has 1 aliphatic rings. The molecule has 1 aliphatic carbocycles. The fraction of sp³-hybridized carbons (Fsp3) is 0.562. The van der Waals surface area contributed by atoms with Crippen molar-refractivity contribution in [2.75, 3.05) is 0 Å². The van der Waals surface area contributed by atoms with Gasteiger partial charge in [0.25, 0.3) is 0 Å². The molecule has 1 saturated carbocycles. The lowest BCUT2D eigenvalue weighted by Crippen LogP contribution is -2.36. The third kappa shape index (κ3) is 3.13. The molecule has 0 aliphatic heterocycles. The number of hydrogen-bond donors (Lipinski definition) is 1. The Labute approximate surface area is 125 Å². The van der Waals surface area contributed by atoms with Gasteiger partial charge in [0.05, 0.1) is 12.1 Å². The van der Waals surface area contributed by atoms with Crippen LogP contribution in [0.15, 0.2) is 24.7 Å². The van der Waals surface area contributed by atoms with Crippen molar-refractivity contribution in [2.45, 2.75) is 57.6 Å². The van der Waals surface area contributed by atoms with Crippen molar-refractivity contribution in [2.24, 2.45) is 0 Å². The van der Waals surface area contributed by atoms with Crippen LogP contribution in [0.2, 0.25) is 0 Å². The van der Waals surface area contributed by atoms with Gasteiger partial charge in [0.1, 0.15) is 11.5 Å². The first-order valence-electron chi connectivity index (χ1n) is 7.76. The molecule has 0 saturated heterocycles. The summed E-state index contributed by atoms with van der Waals surface area (Å²) < 4.78 is 2.02. The van der Waals surface area contributed by atoms with E-state index in [4.69, 9.17) is 0 Å². The summed E-state index contributed by atoms with van der Waals surface area (Å²) in [6, 6.07) is 1.88. The van der Waals surface area contributed by atoms with Crippen LogP contribution in [0.1, 0.15) is 44.9 Å². The zero-order valence-electron chi connectivity index (χ0n) is 12.5. The topological polar surface area (TPSA) is 63.8 Å². The van der Waals surface area contributed by atoms with Crippen LogP contribution in [0.3, 0.4) is 0 Å². The highest BCUT2D eigenvalue weighted by atomic mass is 16.3. The Kier molecular flexibility index (Phi) is 4.01. The Balaban J connectivity index is 1.86. The molecule has 2 aromatic rings. The first-order chi connectivity index (χ1) is 10.2. The average Bonchev–Trinajstić information content (AvgIpc) is 2.95. The van der Waals surface area contributed by atoms with Crippen molar-refractivity contribution in [1.29, 1.82) is 0 Å². The summed E-state index contributed by atoms with van der Waals surface area (Å²) in [4.78, 5) is 13.2. The Bertz CT molecular complexity index is 602. The smallest absolute Gasteiger partial charge is 0.158 e. The van der Waals surface area contributed by atoms with Crippen LogP contribution >= 0.6 is 0 Å². The van der Waals surface area contributed by atoms with E-state index in [1.807, 2.05) is 23.8 Å². The molecule has 0 atom stereocenters. The van der Waals surface area contributed by atoms with Crippen LogP contribution in [0, 0.1) is 0 Å². The molecule has 3 rings (SSSR count). The third-order valence-corrected chi connectivity index (χ3v) is 4.22. The fourth-order valence-corrected chi connectivity index (χ4v) is 3.05. The van der Waals surface area contributed by atoms with Crippen molar-refractivity contribution in [3.63, 3.8) is 0 Å². The van der Waals surface area contributed by atoms with Gasteiger partial charge in [-0.25, -0.2) is 15.0 Å². The minimum absolute atomic E-state index is 0.591. The van der Waals surface area contributed by atoms with Crippen LogP contribution in [-0.2, 0) is 13.0 Å². The van der Waals surface area contributed by atoms with E-state index in [9.17, 15) is 5.11 Å². The van der Waals surface area contributed by atoms with Crippen molar-refractivity contribution in [3.8, 4) is 11.5 Å². The Morgan fingerprint density at radius 2 is 2.00 bits per heavy atom. The summed E-state index contributed by atoms with van der Waals surface area (Å²) in [6.07, 6.45) is 11.5. The van der Waals surface area contributed by atoms with Crippen molar-refractivity contribution in [1.82, 2.24) is 19.5 Å². The number of imidazole rings is 1. The van der Waals surface area contributed by atoms with Gasteiger partial charge in [-0.05, 0) is 18.9 Å². The second kappa shape index (κ2) is 5.93. The largest absolute Gasteiger partial charge is 0.388 e. The highest BCUT2D eigenvalue weighted by Gasteiger charge is 2.30. The molecule has 0 aromatic carbocycles. The molecule has 112 valence electrons. The van der Waals surface area contributed by atoms with Crippen molar-refractivity contribution in [3.05, 3.63) is 30.5 Å². The Morgan fingerprint density at radius 3 is 2.76 bits per heavy atom. The number of nitrogens with zero attached hydrogens (tertiary/aromatic N) is 4. The van der Waals surface area contributed by atoms with Crippen LogP contribution in [0.25, 0.3) is 11.5 Å². The van der Waals surface area contributed by atoms with Gasteiger partial charge in [0.2, 0.25) is 0 Å². The zero-order valence-corrected chi connectivity index (χ0v) is 12.5. The van der Waals surface area contributed by atoms with Gasteiger partial charge in [-0.2, -0.15) is 0 Å². The maximum atomic E-state index is 10.7. The molecule has 1 fully saturated rings. The predicted molar refractivity (Wildman–Crippen MR) is 80.7 cm³/mol. The molecule has 0 amide bonds. The first-order valence-corrected chi connectivity index (χ1v) is 7.76. The summed E-state index contributed by atoms with van der Waals surface area (Å²) in [5, 5.41) is 10.7. The number of aliphatic hydroxyl groups is 1. The van der Waals surface area contributed by atoms with Crippen LogP contribution < -0.4 is 0 Å². The van der Waals surface area contributed by atoms with E-state index in [2.05, 4.69) is 15.0 Å². The number of aromatic nitrogens is 4. The van der Waals surface area contributed by atoms with Crippen LogP contribution in [-0.4, -0.2) is 30.2 Å². The Morgan fingerprint density at radius 1 is 1.19 bits per heavy atom. The fourth-order valence-electron chi connectivity index (χ4n) is 3.05. The number of aryl methyl sites for hydroxylation is 1. The van der Waals surface area contributed by atoms with E-state index in [0.29, 0.717) is 6.54 Å². The van der Waals surface area contributed by atoms with Crippen molar-refractivity contribution < 1.29 is 5.11 Å². The molecule has 2 aromatic heterocycles. The highest BCUT2D eigenvalue weighted by molar-refractivity contribution is 5.49. The molecule has 1 N–H and O–H groups in total. The number of rotatable bonds is 4. The SMILES string of the molecule is CCc1nccc(-c2nccn2CC2(O)CCCCC2)n1. The minimum Gasteiger partial charge on any atom is -0.388 e. The summed E-state index contributed by atoms with van der Waals surface area (Å²) in [5.41, 5.74) is 0.222. The number of hydrogen-bond acceptors (Lipinski definition) is 4. The summed E-state index contributed by atoms with van der Waals surface area (Å²) in [6.45, 7) is 2.63.